The highest BCUT2D eigenvalue weighted by Gasteiger charge is 2.61. The minimum atomic E-state index is -4.19. The van der Waals surface area contributed by atoms with Crippen LogP contribution >= 0.6 is 47.2 Å². The third-order valence-corrected chi connectivity index (χ3v) is 4.69. The van der Waals surface area contributed by atoms with E-state index < -0.39 is 10.6 Å². The van der Waals surface area contributed by atoms with Crippen LogP contribution in [0.2, 0.25) is 0 Å². The van der Waals surface area contributed by atoms with Crippen LogP contribution in [-0.2, 0) is 13.1 Å². The van der Waals surface area contributed by atoms with Crippen molar-refractivity contribution in [3.05, 3.63) is 30.1 Å². The number of imidazole rings is 1. The fourth-order valence-corrected chi connectivity index (χ4v) is 2.85. The van der Waals surface area contributed by atoms with Gasteiger partial charge in [0.1, 0.15) is 0 Å². The highest BCUT2D eigenvalue weighted by atomic mass is 35.5. The number of fused-ring (bicyclic) bond motifs is 1. The Bertz CT molecular complexity index is 710. The van der Waals surface area contributed by atoms with Gasteiger partial charge in [0.2, 0.25) is 0 Å². The first-order valence-electron chi connectivity index (χ1n) is 5.65. The van der Waals surface area contributed by atoms with Crippen molar-refractivity contribution in [1.29, 1.82) is 0 Å². The normalized spacial score (nSPS) is 12.9. The van der Waals surface area contributed by atoms with Crippen LogP contribution in [-0.4, -0.2) is 19.6 Å². The van der Waals surface area contributed by atoms with E-state index >= 15 is 0 Å². The van der Waals surface area contributed by atoms with Gasteiger partial charge in [0, 0.05) is 0 Å². The largest absolute Gasteiger partial charge is 0.462 e. The molecule has 0 saturated carbocycles. The number of nitrogens with zero attached hydrogens (tertiary/aromatic N) is 2. The van der Waals surface area contributed by atoms with Crippen LogP contribution in [0.1, 0.15) is 5.82 Å². The SMILES string of the molecule is CSC(=S)c1n(C(F)(F)C(F)(Cl)Cl)c2ccccc2[n+]1C. The fraction of sp³-hybridized carbons (Fsp3) is 0.333. The quantitative estimate of drug-likeness (QED) is 0.453. The average Bonchev–Trinajstić information content (AvgIpc) is 2.71. The Labute approximate surface area is 138 Å². The summed E-state index contributed by atoms with van der Waals surface area (Å²) in [6.07, 6.45) is 1.65. The molecule has 2 aromatic rings. The minimum absolute atomic E-state index is 0.0352. The van der Waals surface area contributed by atoms with Gasteiger partial charge in [-0.15, -0.1) is 11.8 Å². The molecule has 0 radical (unpaired) electrons. The van der Waals surface area contributed by atoms with Gasteiger partial charge < -0.3 is 0 Å². The first-order chi connectivity index (χ1) is 9.63. The lowest BCUT2D eigenvalue weighted by molar-refractivity contribution is -0.647. The number of hydrogen-bond acceptors (Lipinski definition) is 2. The molecule has 1 heterocycles. The number of benzene rings is 1. The van der Waals surface area contributed by atoms with E-state index in [1.165, 1.54) is 10.6 Å². The van der Waals surface area contributed by atoms with E-state index in [1.54, 1.807) is 31.5 Å². The maximum Gasteiger partial charge on any atom is 0.462 e. The van der Waals surface area contributed by atoms with Gasteiger partial charge in [-0.3, -0.25) is 0 Å². The number of rotatable bonds is 3. The summed E-state index contributed by atoms with van der Waals surface area (Å²) in [5.41, 5.74) is 0.542. The van der Waals surface area contributed by atoms with Gasteiger partial charge in [0.25, 0.3) is 0 Å². The van der Waals surface area contributed by atoms with Crippen molar-refractivity contribution in [3.8, 4) is 0 Å². The summed E-state index contributed by atoms with van der Waals surface area (Å²) >= 11 is 16.3. The van der Waals surface area contributed by atoms with Crippen molar-refractivity contribution in [2.24, 2.45) is 7.05 Å². The zero-order chi connectivity index (χ0) is 16.0. The molecule has 0 N–H and O–H groups in total. The van der Waals surface area contributed by atoms with Crippen LogP contribution in [0, 0.1) is 0 Å². The third kappa shape index (κ3) is 2.65. The molecular formula is C12H10Cl2F3N2S2+. The van der Waals surface area contributed by atoms with Gasteiger partial charge in [-0.05, 0) is 18.4 Å². The van der Waals surface area contributed by atoms with E-state index in [9.17, 15) is 13.2 Å². The molecule has 21 heavy (non-hydrogen) atoms. The average molecular weight is 374 g/mol. The Kier molecular flexibility index (Phi) is 4.50. The molecule has 0 amide bonds. The first-order valence-corrected chi connectivity index (χ1v) is 8.04. The van der Waals surface area contributed by atoms with E-state index in [2.05, 4.69) is 0 Å². The van der Waals surface area contributed by atoms with Crippen LogP contribution in [0.4, 0.5) is 13.2 Å². The summed E-state index contributed by atoms with van der Waals surface area (Å²) in [5.74, 6) is -0.0352. The second kappa shape index (κ2) is 5.61. The molecule has 0 bridgehead atoms. The van der Waals surface area contributed by atoms with Gasteiger partial charge in [-0.25, -0.2) is 4.57 Å². The summed E-state index contributed by atoms with van der Waals surface area (Å²) in [4.78, 5) is 0. The lowest BCUT2D eigenvalue weighted by Gasteiger charge is -2.20. The van der Waals surface area contributed by atoms with Crippen LogP contribution in [0.3, 0.4) is 0 Å². The lowest BCUT2D eigenvalue weighted by Crippen LogP contribution is -2.43. The fourth-order valence-electron chi connectivity index (χ4n) is 2.05. The molecule has 9 heteroatoms. The molecule has 0 aliphatic carbocycles. The maximum absolute atomic E-state index is 14.4. The standard InChI is InChI=1S/C12H10Cl2F3N2S2/c1-18-7-5-3-4-6-8(7)19(9(18)10(20)21-2)12(16,17)11(13,14)15/h3-6H,1-2H3/q+1. The molecule has 0 aliphatic heterocycles. The summed E-state index contributed by atoms with van der Waals surface area (Å²) < 4.78 is 40.8. The van der Waals surface area contributed by atoms with Gasteiger partial charge in [0.05, 0.1) is 7.05 Å². The molecule has 114 valence electrons. The van der Waals surface area contributed by atoms with E-state index in [0.29, 0.717) is 10.1 Å². The van der Waals surface area contributed by atoms with Crippen LogP contribution in [0.5, 0.6) is 0 Å². The van der Waals surface area contributed by atoms with Crippen molar-refractivity contribution < 1.29 is 17.7 Å². The second-order valence-corrected chi connectivity index (χ2v) is 6.96. The monoisotopic (exact) mass is 373 g/mol. The van der Waals surface area contributed by atoms with Crippen molar-refractivity contribution >= 4 is 62.4 Å². The molecule has 1 aromatic carbocycles. The minimum Gasteiger partial charge on any atom is -0.224 e. The topological polar surface area (TPSA) is 8.81 Å². The van der Waals surface area contributed by atoms with Gasteiger partial charge in [-0.1, -0.05) is 47.6 Å². The molecule has 2 nitrogen and oxygen atoms in total. The van der Waals surface area contributed by atoms with Gasteiger partial charge in [-0.2, -0.15) is 17.7 Å². The molecular weight excluding hydrogens is 364 g/mol. The molecule has 2 rings (SSSR count). The van der Waals surface area contributed by atoms with Crippen molar-refractivity contribution in [3.63, 3.8) is 0 Å². The Morgan fingerprint density at radius 1 is 1.29 bits per heavy atom. The van der Waals surface area contributed by atoms with Crippen molar-refractivity contribution in [2.75, 3.05) is 6.26 Å². The van der Waals surface area contributed by atoms with E-state index in [0.717, 1.165) is 11.8 Å². The second-order valence-electron chi connectivity index (χ2n) is 4.24. The predicted octanol–water partition coefficient (Wildman–Crippen LogP) is 4.15. The molecule has 0 spiro atoms. The van der Waals surface area contributed by atoms with E-state index in [4.69, 9.17) is 35.4 Å². The number of aromatic nitrogens is 2. The molecule has 0 atom stereocenters. The molecule has 0 aliphatic rings. The van der Waals surface area contributed by atoms with Crippen molar-refractivity contribution in [1.82, 2.24) is 4.57 Å². The van der Waals surface area contributed by atoms with Crippen LogP contribution in [0.25, 0.3) is 11.0 Å². The molecule has 1 aromatic heterocycles. The zero-order valence-corrected chi connectivity index (χ0v) is 14.1. The highest BCUT2D eigenvalue weighted by Crippen LogP contribution is 2.45. The maximum atomic E-state index is 14.4. The van der Waals surface area contributed by atoms with E-state index in [1.807, 2.05) is 0 Å². The summed E-state index contributed by atoms with van der Waals surface area (Å²) in [6, 6.07) is 2.10. The summed E-state index contributed by atoms with van der Waals surface area (Å²) in [7, 11) is 1.56. The number of hydrogen-bond donors (Lipinski definition) is 0. The third-order valence-electron chi connectivity index (χ3n) is 3.00. The number of thiocarbonyl (C=S) groups is 1. The summed E-state index contributed by atoms with van der Waals surface area (Å²) in [6.45, 7) is 0. The van der Waals surface area contributed by atoms with E-state index in [-0.39, 0.29) is 15.5 Å². The number of para-hydroxylation sites is 2. The first kappa shape index (κ1) is 16.9. The van der Waals surface area contributed by atoms with Crippen LogP contribution < -0.4 is 4.57 Å². The number of aryl methyl sites for hydroxylation is 1. The highest BCUT2D eigenvalue weighted by molar-refractivity contribution is 8.23. The van der Waals surface area contributed by atoms with Crippen molar-refractivity contribution in [2.45, 2.75) is 10.6 Å². The van der Waals surface area contributed by atoms with Gasteiger partial charge in [0.15, 0.2) is 15.2 Å². The van der Waals surface area contributed by atoms with Gasteiger partial charge >= 0.3 is 16.5 Å². The zero-order valence-electron chi connectivity index (χ0n) is 10.9. The number of halogens is 5. The predicted molar refractivity (Wildman–Crippen MR) is 84.1 cm³/mol. The van der Waals surface area contributed by atoms with Crippen LogP contribution in [0.15, 0.2) is 24.3 Å². The molecule has 0 fully saturated rings. The molecule has 0 unspecified atom stereocenters. The smallest absolute Gasteiger partial charge is 0.224 e. The Balaban J connectivity index is 2.93. The molecule has 0 saturated heterocycles. The number of thioether (sulfide) groups is 1. The number of alkyl halides is 5. The summed E-state index contributed by atoms with van der Waals surface area (Å²) in [5, 5.41) is 0. The Morgan fingerprint density at radius 3 is 2.38 bits per heavy atom. The Morgan fingerprint density at radius 2 is 1.86 bits per heavy atom. The lowest BCUT2D eigenvalue weighted by atomic mass is 10.3. The Hall–Kier alpha value is -0.500.